The molecule has 0 saturated carbocycles. The van der Waals surface area contributed by atoms with Crippen LogP contribution in [0.25, 0.3) is 11.0 Å². The van der Waals surface area contributed by atoms with Crippen LogP contribution in [0.3, 0.4) is 0 Å². The van der Waals surface area contributed by atoms with Gasteiger partial charge in [0.05, 0.1) is 22.4 Å². The van der Waals surface area contributed by atoms with E-state index in [1.807, 2.05) is 0 Å². The van der Waals surface area contributed by atoms with Crippen molar-refractivity contribution >= 4 is 52.1 Å². The lowest BCUT2D eigenvalue weighted by molar-refractivity contribution is -0.139. The van der Waals surface area contributed by atoms with Crippen molar-refractivity contribution in [3.63, 3.8) is 0 Å². The Morgan fingerprint density at radius 3 is 2.90 bits per heavy atom. The highest BCUT2D eigenvalue weighted by Gasteiger charge is 2.20. The number of hydrogen-bond acceptors (Lipinski definition) is 5. The molecule has 0 fully saturated rings. The Morgan fingerprint density at radius 1 is 1.48 bits per heavy atom. The van der Waals surface area contributed by atoms with Crippen molar-refractivity contribution < 1.29 is 14.7 Å². The second-order valence-corrected chi connectivity index (χ2v) is 4.89. The zero-order valence-electron chi connectivity index (χ0n) is 10.5. The Labute approximate surface area is 128 Å². The summed E-state index contributed by atoms with van der Waals surface area (Å²) in [7, 11) is 0. The molecular weight excluding hydrogens is 316 g/mol. The predicted molar refractivity (Wildman–Crippen MR) is 79.5 cm³/mol. The minimum Gasteiger partial charge on any atom is -0.480 e. The quantitative estimate of drug-likeness (QED) is 0.746. The van der Waals surface area contributed by atoms with E-state index < -0.39 is 18.0 Å². The maximum Gasteiger partial charge on any atom is 0.327 e. The van der Waals surface area contributed by atoms with Crippen LogP contribution in [0.15, 0.2) is 12.1 Å². The Morgan fingerprint density at radius 2 is 2.24 bits per heavy atom. The lowest BCUT2D eigenvalue weighted by Gasteiger charge is -2.13. The van der Waals surface area contributed by atoms with Crippen molar-refractivity contribution in [2.45, 2.75) is 12.5 Å². The SMILES string of the molecule is C#CCC(NC(=O)Nc1c(Cl)ccc2nsnc12)C(=O)O. The molecule has 2 amide bonds. The predicted octanol–water partition coefficient (Wildman–Crippen LogP) is 1.94. The number of fused-ring (bicyclic) bond motifs is 1. The Bertz CT molecular complexity index is 740. The van der Waals surface area contributed by atoms with Gasteiger partial charge in [0.25, 0.3) is 0 Å². The average molecular weight is 325 g/mol. The molecule has 2 rings (SSSR count). The molecule has 1 unspecified atom stereocenters. The van der Waals surface area contributed by atoms with Gasteiger partial charge >= 0.3 is 12.0 Å². The molecule has 0 aliphatic heterocycles. The molecule has 1 atom stereocenters. The first-order chi connectivity index (χ1) is 10.0. The van der Waals surface area contributed by atoms with Crippen LogP contribution in [-0.2, 0) is 4.79 Å². The number of terminal acetylenes is 1. The van der Waals surface area contributed by atoms with Crippen LogP contribution in [0.4, 0.5) is 10.5 Å². The van der Waals surface area contributed by atoms with Crippen molar-refractivity contribution in [1.29, 1.82) is 0 Å². The number of amides is 2. The number of nitrogens with zero attached hydrogens (tertiary/aromatic N) is 2. The highest BCUT2D eigenvalue weighted by atomic mass is 35.5. The maximum absolute atomic E-state index is 11.9. The molecule has 108 valence electrons. The largest absolute Gasteiger partial charge is 0.480 e. The van der Waals surface area contributed by atoms with E-state index >= 15 is 0 Å². The Balaban J connectivity index is 2.18. The minimum absolute atomic E-state index is 0.126. The third-order valence-corrected chi connectivity index (χ3v) is 3.40. The van der Waals surface area contributed by atoms with Crippen LogP contribution in [0.5, 0.6) is 0 Å². The van der Waals surface area contributed by atoms with Gasteiger partial charge in [-0.15, -0.1) is 12.3 Å². The lowest BCUT2D eigenvalue weighted by Crippen LogP contribution is -2.42. The molecule has 0 radical (unpaired) electrons. The summed E-state index contributed by atoms with van der Waals surface area (Å²) >= 11 is 6.99. The number of carbonyl (C=O) groups is 2. The molecule has 0 spiro atoms. The molecule has 7 nitrogen and oxygen atoms in total. The summed E-state index contributed by atoms with van der Waals surface area (Å²) in [4.78, 5) is 22.8. The van der Waals surface area contributed by atoms with E-state index in [9.17, 15) is 9.59 Å². The summed E-state index contributed by atoms with van der Waals surface area (Å²) < 4.78 is 8.06. The van der Waals surface area contributed by atoms with Gasteiger partial charge < -0.3 is 15.7 Å². The molecule has 0 aliphatic rings. The summed E-state index contributed by atoms with van der Waals surface area (Å²) in [6.45, 7) is 0. The molecule has 9 heteroatoms. The second-order valence-electron chi connectivity index (χ2n) is 3.95. The van der Waals surface area contributed by atoms with E-state index in [4.69, 9.17) is 23.1 Å². The van der Waals surface area contributed by atoms with E-state index in [0.29, 0.717) is 11.0 Å². The fourth-order valence-electron chi connectivity index (χ4n) is 1.57. The number of urea groups is 1. The summed E-state index contributed by atoms with van der Waals surface area (Å²) in [5.41, 5.74) is 1.29. The number of aliphatic carboxylic acids is 1. The van der Waals surface area contributed by atoms with Crippen molar-refractivity contribution in [2.24, 2.45) is 0 Å². The first-order valence-corrected chi connectivity index (χ1v) is 6.78. The number of hydrogen-bond donors (Lipinski definition) is 3. The molecule has 2 aromatic rings. The zero-order chi connectivity index (χ0) is 15.4. The van der Waals surface area contributed by atoms with Gasteiger partial charge in [-0.3, -0.25) is 0 Å². The highest BCUT2D eigenvalue weighted by Crippen LogP contribution is 2.29. The molecule has 0 aliphatic carbocycles. The number of carboxylic acids is 1. The van der Waals surface area contributed by atoms with E-state index in [0.717, 1.165) is 11.7 Å². The van der Waals surface area contributed by atoms with Gasteiger partial charge in [-0.1, -0.05) is 11.6 Å². The summed E-state index contributed by atoms with van der Waals surface area (Å²) in [6, 6.07) is 1.32. The van der Waals surface area contributed by atoms with Crippen molar-refractivity contribution in [2.75, 3.05) is 5.32 Å². The Hall–Kier alpha value is -2.37. The normalized spacial score (nSPS) is 11.6. The van der Waals surface area contributed by atoms with Gasteiger partial charge in [0.15, 0.2) is 0 Å². The van der Waals surface area contributed by atoms with Gasteiger partial charge in [-0.05, 0) is 12.1 Å². The van der Waals surface area contributed by atoms with E-state index in [1.54, 1.807) is 12.1 Å². The number of aromatic nitrogens is 2. The van der Waals surface area contributed by atoms with Crippen molar-refractivity contribution in [3.8, 4) is 12.3 Å². The van der Waals surface area contributed by atoms with Crippen LogP contribution < -0.4 is 10.6 Å². The number of halogens is 1. The maximum atomic E-state index is 11.9. The third-order valence-electron chi connectivity index (χ3n) is 2.54. The van der Waals surface area contributed by atoms with Crippen LogP contribution in [-0.4, -0.2) is 31.9 Å². The van der Waals surface area contributed by atoms with Crippen molar-refractivity contribution in [3.05, 3.63) is 17.2 Å². The molecule has 1 aromatic carbocycles. The van der Waals surface area contributed by atoms with E-state index in [1.165, 1.54) is 0 Å². The number of carbonyl (C=O) groups excluding carboxylic acids is 1. The molecule has 1 heterocycles. The summed E-state index contributed by atoms with van der Waals surface area (Å²) in [6.07, 6.45) is 4.93. The first kappa shape index (κ1) is 15.0. The standard InChI is InChI=1S/C12H9ClN4O3S/c1-2-3-8(11(18)19)14-12(20)15-9-6(13)4-5-7-10(9)17-21-16-7/h1,4-5,8H,3H2,(H,18,19)(H2,14,15,20). The van der Waals surface area contributed by atoms with Crippen molar-refractivity contribution in [1.82, 2.24) is 14.1 Å². The molecule has 0 saturated heterocycles. The molecule has 3 N–H and O–H groups in total. The van der Waals surface area contributed by atoms with E-state index in [2.05, 4.69) is 25.3 Å². The van der Waals surface area contributed by atoms with Gasteiger partial charge in [-0.25, -0.2) is 9.59 Å². The number of nitrogens with one attached hydrogen (secondary N) is 2. The first-order valence-electron chi connectivity index (χ1n) is 5.67. The minimum atomic E-state index is -1.22. The smallest absolute Gasteiger partial charge is 0.327 e. The molecule has 1 aromatic heterocycles. The van der Waals surface area contributed by atoms with E-state index in [-0.39, 0.29) is 17.1 Å². The molecule has 21 heavy (non-hydrogen) atoms. The fraction of sp³-hybridized carbons (Fsp3) is 0.167. The van der Waals surface area contributed by atoms with Gasteiger partial charge in [0.2, 0.25) is 0 Å². The monoisotopic (exact) mass is 324 g/mol. The number of anilines is 1. The third kappa shape index (κ3) is 3.39. The van der Waals surface area contributed by atoms with Gasteiger partial charge in [-0.2, -0.15) is 8.75 Å². The number of rotatable bonds is 4. The molecule has 0 bridgehead atoms. The van der Waals surface area contributed by atoms with Crippen LogP contribution in [0, 0.1) is 12.3 Å². The second kappa shape index (κ2) is 6.39. The van der Waals surface area contributed by atoms with Gasteiger partial charge in [0, 0.05) is 6.42 Å². The topological polar surface area (TPSA) is 104 Å². The fourth-order valence-corrected chi connectivity index (χ4v) is 2.31. The zero-order valence-corrected chi connectivity index (χ0v) is 12.0. The number of benzene rings is 1. The lowest BCUT2D eigenvalue weighted by atomic mass is 10.2. The van der Waals surface area contributed by atoms with Crippen LogP contribution >= 0.6 is 23.3 Å². The van der Waals surface area contributed by atoms with Crippen LogP contribution in [0.1, 0.15) is 6.42 Å². The average Bonchev–Trinajstić information content (AvgIpc) is 2.90. The highest BCUT2D eigenvalue weighted by molar-refractivity contribution is 7.00. The number of carboxylic acid groups (broad SMARTS) is 1. The molecular formula is C12H9ClN4O3S. The van der Waals surface area contributed by atoms with Gasteiger partial charge in [0.1, 0.15) is 17.1 Å². The summed E-state index contributed by atoms with van der Waals surface area (Å²) in [5, 5.41) is 13.9. The summed E-state index contributed by atoms with van der Waals surface area (Å²) in [5.74, 6) is 0.965. The Kier molecular flexibility index (Phi) is 4.57. The van der Waals surface area contributed by atoms with Crippen LogP contribution in [0.2, 0.25) is 5.02 Å².